The first-order valence-electron chi connectivity index (χ1n) is 7.10. The van der Waals surface area contributed by atoms with Crippen molar-refractivity contribution in [2.75, 3.05) is 13.2 Å². The van der Waals surface area contributed by atoms with Gasteiger partial charge in [-0.25, -0.2) is 0 Å². The van der Waals surface area contributed by atoms with Gasteiger partial charge in [0, 0.05) is 25.4 Å². The minimum atomic E-state index is -0.595. The molecule has 0 aromatic carbocycles. The van der Waals surface area contributed by atoms with Gasteiger partial charge in [-0.2, -0.15) is 0 Å². The standard InChI is InChI=1S/C14H20N2O4/c1-2-3-7-20-8-6-15-10-12(11-4-5-11)9-13(14(15)17)16(18)19/h9-11H,2-8H2,1H3. The Morgan fingerprint density at radius 1 is 1.45 bits per heavy atom. The van der Waals surface area contributed by atoms with E-state index >= 15 is 0 Å². The summed E-state index contributed by atoms with van der Waals surface area (Å²) in [5.41, 5.74) is 0.0197. The van der Waals surface area contributed by atoms with Gasteiger partial charge in [-0.3, -0.25) is 14.9 Å². The Hall–Kier alpha value is -1.69. The van der Waals surface area contributed by atoms with E-state index in [9.17, 15) is 14.9 Å². The maximum absolute atomic E-state index is 12.0. The van der Waals surface area contributed by atoms with Crippen LogP contribution >= 0.6 is 0 Å². The SMILES string of the molecule is CCCCOCCn1cc(C2CC2)cc([N+](=O)[O-])c1=O. The van der Waals surface area contributed by atoms with Gasteiger partial charge in [0.1, 0.15) is 0 Å². The molecule has 0 saturated heterocycles. The molecule has 0 radical (unpaired) electrons. The Labute approximate surface area is 117 Å². The first kappa shape index (κ1) is 14.7. The summed E-state index contributed by atoms with van der Waals surface area (Å²) in [4.78, 5) is 22.3. The minimum Gasteiger partial charge on any atom is -0.380 e. The van der Waals surface area contributed by atoms with E-state index < -0.39 is 10.5 Å². The lowest BCUT2D eigenvalue weighted by atomic mass is 10.2. The molecule has 0 atom stereocenters. The number of ether oxygens (including phenoxy) is 1. The lowest BCUT2D eigenvalue weighted by Crippen LogP contribution is -2.25. The van der Waals surface area contributed by atoms with Crippen LogP contribution in [0.15, 0.2) is 17.1 Å². The molecule has 0 unspecified atom stereocenters. The summed E-state index contributed by atoms with van der Waals surface area (Å²) >= 11 is 0. The molecule has 0 amide bonds. The molecule has 1 heterocycles. The topological polar surface area (TPSA) is 74.4 Å². The summed E-state index contributed by atoms with van der Waals surface area (Å²) in [5.74, 6) is 0.376. The second-order valence-electron chi connectivity index (χ2n) is 5.15. The quantitative estimate of drug-likeness (QED) is 0.416. The second kappa shape index (κ2) is 6.65. The molecule has 20 heavy (non-hydrogen) atoms. The highest BCUT2D eigenvalue weighted by Gasteiger charge is 2.27. The molecule has 0 spiro atoms. The van der Waals surface area contributed by atoms with Gasteiger partial charge in [0.05, 0.1) is 11.5 Å². The van der Waals surface area contributed by atoms with Crippen LogP contribution in [-0.4, -0.2) is 22.7 Å². The Bertz CT molecular complexity index is 534. The van der Waals surface area contributed by atoms with Crippen LogP contribution in [-0.2, 0) is 11.3 Å². The van der Waals surface area contributed by atoms with Crippen molar-refractivity contribution in [3.63, 3.8) is 0 Å². The van der Waals surface area contributed by atoms with Crippen molar-refractivity contribution >= 4 is 5.69 Å². The van der Waals surface area contributed by atoms with Crippen LogP contribution in [0.3, 0.4) is 0 Å². The van der Waals surface area contributed by atoms with Gasteiger partial charge in [0.25, 0.3) is 0 Å². The molecule has 1 fully saturated rings. The summed E-state index contributed by atoms with van der Waals surface area (Å²) in [6.07, 6.45) is 5.88. The number of hydrogen-bond donors (Lipinski definition) is 0. The van der Waals surface area contributed by atoms with E-state index in [1.807, 2.05) is 0 Å². The summed E-state index contributed by atoms with van der Waals surface area (Å²) in [6.45, 7) is 3.51. The maximum Gasteiger partial charge on any atom is 0.334 e. The summed E-state index contributed by atoms with van der Waals surface area (Å²) < 4.78 is 6.83. The van der Waals surface area contributed by atoms with Gasteiger partial charge < -0.3 is 9.30 Å². The molecule has 0 bridgehead atoms. The highest BCUT2D eigenvalue weighted by atomic mass is 16.6. The first-order valence-corrected chi connectivity index (χ1v) is 7.10. The number of unbranched alkanes of at least 4 members (excludes halogenated alkanes) is 1. The third-order valence-electron chi connectivity index (χ3n) is 3.45. The average Bonchev–Trinajstić information content (AvgIpc) is 3.24. The van der Waals surface area contributed by atoms with Crippen molar-refractivity contribution < 1.29 is 9.66 Å². The molecule has 110 valence electrons. The second-order valence-corrected chi connectivity index (χ2v) is 5.15. The van der Waals surface area contributed by atoms with Crippen molar-refractivity contribution in [2.24, 2.45) is 0 Å². The normalized spacial score (nSPS) is 14.4. The van der Waals surface area contributed by atoms with Crippen molar-refractivity contribution in [3.05, 3.63) is 38.3 Å². The fourth-order valence-electron chi connectivity index (χ4n) is 2.09. The molecule has 1 aliphatic carbocycles. The highest BCUT2D eigenvalue weighted by molar-refractivity contribution is 5.34. The molecular formula is C14H20N2O4. The molecule has 6 nitrogen and oxygen atoms in total. The molecule has 1 saturated carbocycles. The van der Waals surface area contributed by atoms with E-state index in [1.165, 1.54) is 10.6 Å². The predicted molar refractivity (Wildman–Crippen MR) is 75.1 cm³/mol. The third-order valence-corrected chi connectivity index (χ3v) is 3.45. The van der Waals surface area contributed by atoms with Crippen LogP contribution in [0.5, 0.6) is 0 Å². The van der Waals surface area contributed by atoms with Gasteiger partial charge in [-0.05, 0) is 30.7 Å². The van der Waals surface area contributed by atoms with Crippen molar-refractivity contribution in [3.8, 4) is 0 Å². The van der Waals surface area contributed by atoms with Crippen LogP contribution in [0.4, 0.5) is 5.69 Å². The smallest absolute Gasteiger partial charge is 0.334 e. The van der Waals surface area contributed by atoms with Gasteiger partial charge in [-0.15, -0.1) is 0 Å². The van der Waals surface area contributed by atoms with Gasteiger partial charge in [0.2, 0.25) is 0 Å². The first-order chi connectivity index (χ1) is 9.63. The number of nitrogens with zero attached hydrogens (tertiary/aromatic N) is 2. The zero-order valence-electron chi connectivity index (χ0n) is 11.7. The Morgan fingerprint density at radius 2 is 2.20 bits per heavy atom. The van der Waals surface area contributed by atoms with Crippen LogP contribution in [0, 0.1) is 10.1 Å². The third kappa shape index (κ3) is 3.66. The van der Waals surface area contributed by atoms with Gasteiger partial charge in [-0.1, -0.05) is 13.3 Å². The highest BCUT2D eigenvalue weighted by Crippen LogP contribution is 2.40. The zero-order valence-corrected chi connectivity index (χ0v) is 11.7. The van der Waals surface area contributed by atoms with Crippen LogP contribution in [0.2, 0.25) is 0 Å². The molecular weight excluding hydrogens is 260 g/mol. The van der Waals surface area contributed by atoms with E-state index in [2.05, 4.69) is 6.92 Å². The van der Waals surface area contributed by atoms with E-state index in [0.29, 0.717) is 25.7 Å². The largest absolute Gasteiger partial charge is 0.380 e. The van der Waals surface area contributed by atoms with Crippen molar-refractivity contribution in [2.45, 2.75) is 45.1 Å². The van der Waals surface area contributed by atoms with Crippen molar-refractivity contribution in [1.29, 1.82) is 0 Å². The molecule has 0 N–H and O–H groups in total. The van der Waals surface area contributed by atoms with E-state index in [0.717, 1.165) is 31.2 Å². The lowest BCUT2D eigenvalue weighted by Gasteiger charge is -2.09. The summed E-state index contributed by atoms with van der Waals surface area (Å²) in [5, 5.41) is 10.9. The van der Waals surface area contributed by atoms with Crippen LogP contribution < -0.4 is 5.56 Å². The number of pyridine rings is 1. The number of rotatable bonds is 8. The Morgan fingerprint density at radius 3 is 2.80 bits per heavy atom. The molecule has 2 rings (SSSR count). The van der Waals surface area contributed by atoms with Crippen LogP contribution in [0.25, 0.3) is 0 Å². The number of hydrogen-bond acceptors (Lipinski definition) is 4. The number of aromatic nitrogens is 1. The molecule has 0 aliphatic heterocycles. The van der Waals surface area contributed by atoms with E-state index in [-0.39, 0.29) is 5.69 Å². The fraction of sp³-hybridized carbons (Fsp3) is 0.643. The van der Waals surface area contributed by atoms with Gasteiger partial charge in [0.15, 0.2) is 0 Å². The number of nitro groups is 1. The van der Waals surface area contributed by atoms with E-state index in [1.54, 1.807) is 6.20 Å². The lowest BCUT2D eigenvalue weighted by molar-refractivity contribution is -0.386. The molecule has 1 aromatic heterocycles. The fourth-order valence-corrected chi connectivity index (χ4v) is 2.09. The molecule has 1 aliphatic rings. The van der Waals surface area contributed by atoms with Crippen molar-refractivity contribution in [1.82, 2.24) is 4.57 Å². The maximum atomic E-state index is 12.0. The monoisotopic (exact) mass is 280 g/mol. The zero-order chi connectivity index (χ0) is 14.5. The summed E-state index contributed by atoms with van der Waals surface area (Å²) in [7, 11) is 0. The van der Waals surface area contributed by atoms with Crippen LogP contribution in [0.1, 0.15) is 44.1 Å². The minimum absolute atomic E-state index is 0.331. The van der Waals surface area contributed by atoms with E-state index in [4.69, 9.17) is 4.74 Å². The van der Waals surface area contributed by atoms with Gasteiger partial charge >= 0.3 is 11.2 Å². The molecule has 6 heteroatoms. The predicted octanol–water partition coefficient (Wildman–Crippen LogP) is 2.45. The summed E-state index contributed by atoms with van der Waals surface area (Å²) in [6, 6.07) is 1.43. The molecule has 1 aromatic rings. The average molecular weight is 280 g/mol. The Balaban J connectivity index is 2.10. The Kier molecular flexibility index (Phi) is 4.89.